The number of anilines is 1. The third-order valence-electron chi connectivity index (χ3n) is 2.72. The number of nitrogens with one attached hydrogen (secondary N) is 1. The van der Waals surface area contributed by atoms with E-state index in [1.54, 1.807) is 7.11 Å². The molecule has 0 aliphatic rings. The molecule has 4 heteroatoms. The maximum atomic E-state index is 11.7. The minimum Gasteiger partial charge on any atom is -0.382 e. The van der Waals surface area contributed by atoms with Gasteiger partial charge < -0.3 is 10.1 Å². The molecule has 3 nitrogen and oxygen atoms in total. The van der Waals surface area contributed by atoms with Gasteiger partial charge in [0.1, 0.15) is 0 Å². The van der Waals surface area contributed by atoms with Gasteiger partial charge in [0, 0.05) is 23.7 Å². The fourth-order valence-electron chi connectivity index (χ4n) is 1.41. The zero-order valence-electron chi connectivity index (χ0n) is 10.4. The fraction of sp³-hybridized carbons (Fsp3) is 0.462. The van der Waals surface area contributed by atoms with Crippen LogP contribution >= 0.6 is 15.9 Å². The molecule has 0 bridgehead atoms. The van der Waals surface area contributed by atoms with Crippen molar-refractivity contribution in [1.82, 2.24) is 0 Å². The maximum absolute atomic E-state index is 11.7. The largest absolute Gasteiger partial charge is 0.382 e. The van der Waals surface area contributed by atoms with Crippen molar-refractivity contribution in [1.29, 1.82) is 0 Å². The summed E-state index contributed by atoms with van der Waals surface area (Å²) in [4.78, 5) is 11.7. The van der Waals surface area contributed by atoms with Crippen LogP contribution in [-0.4, -0.2) is 19.1 Å². The SMILES string of the molecule is COC(C)CCC(=O)Nc1cccc(Br)c1C. The lowest BCUT2D eigenvalue weighted by Crippen LogP contribution is -2.15. The van der Waals surface area contributed by atoms with Crippen LogP contribution in [0.25, 0.3) is 0 Å². The van der Waals surface area contributed by atoms with Crippen LogP contribution < -0.4 is 5.32 Å². The number of hydrogen-bond donors (Lipinski definition) is 1. The van der Waals surface area contributed by atoms with Gasteiger partial charge in [0.15, 0.2) is 0 Å². The van der Waals surface area contributed by atoms with Crippen molar-refractivity contribution in [2.45, 2.75) is 32.8 Å². The van der Waals surface area contributed by atoms with Crippen LogP contribution in [0.3, 0.4) is 0 Å². The average molecular weight is 300 g/mol. The normalized spacial score (nSPS) is 12.2. The van der Waals surface area contributed by atoms with Crippen molar-refractivity contribution in [3.63, 3.8) is 0 Å². The van der Waals surface area contributed by atoms with Gasteiger partial charge in [0.05, 0.1) is 6.10 Å². The number of hydrogen-bond acceptors (Lipinski definition) is 2. The Morgan fingerprint density at radius 3 is 2.88 bits per heavy atom. The van der Waals surface area contributed by atoms with E-state index in [9.17, 15) is 4.79 Å². The summed E-state index contributed by atoms with van der Waals surface area (Å²) in [5.41, 5.74) is 1.90. The first-order valence-corrected chi connectivity index (χ1v) is 6.41. The lowest BCUT2D eigenvalue weighted by Gasteiger charge is -2.11. The van der Waals surface area contributed by atoms with Crippen LogP contribution in [0.15, 0.2) is 22.7 Å². The molecule has 0 heterocycles. The number of carbonyl (C=O) groups excluding carboxylic acids is 1. The smallest absolute Gasteiger partial charge is 0.224 e. The van der Waals surface area contributed by atoms with Crippen LogP contribution in [-0.2, 0) is 9.53 Å². The standard InChI is InChI=1S/C13H18BrNO2/c1-9(17-3)7-8-13(16)15-12-6-4-5-11(14)10(12)2/h4-6,9H,7-8H2,1-3H3,(H,15,16). The molecule has 1 atom stereocenters. The molecule has 1 rings (SSSR count). The van der Waals surface area contributed by atoms with Gasteiger partial charge in [-0.3, -0.25) is 4.79 Å². The van der Waals surface area contributed by atoms with E-state index in [2.05, 4.69) is 21.2 Å². The molecule has 0 fully saturated rings. The van der Waals surface area contributed by atoms with Crippen molar-refractivity contribution < 1.29 is 9.53 Å². The first-order chi connectivity index (χ1) is 8.04. The molecule has 17 heavy (non-hydrogen) atoms. The van der Waals surface area contributed by atoms with E-state index in [0.29, 0.717) is 6.42 Å². The van der Waals surface area contributed by atoms with Crippen molar-refractivity contribution in [3.05, 3.63) is 28.2 Å². The molecule has 0 aliphatic heterocycles. The second-order valence-electron chi connectivity index (χ2n) is 4.05. The van der Waals surface area contributed by atoms with Crippen molar-refractivity contribution in [2.75, 3.05) is 12.4 Å². The van der Waals surface area contributed by atoms with E-state index in [0.717, 1.165) is 22.1 Å². The molecule has 0 aromatic heterocycles. The summed E-state index contributed by atoms with van der Waals surface area (Å²) in [7, 11) is 1.65. The zero-order valence-corrected chi connectivity index (χ0v) is 12.0. The summed E-state index contributed by atoms with van der Waals surface area (Å²) in [5, 5.41) is 2.91. The number of ether oxygens (including phenoxy) is 1. The minimum atomic E-state index is 0.0232. The van der Waals surface area contributed by atoms with Gasteiger partial charge in [0.2, 0.25) is 5.91 Å². The lowest BCUT2D eigenvalue weighted by atomic mass is 10.1. The minimum absolute atomic E-state index is 0.0232. The Labute approximate surface area is 111 Å². The Balaban J connectivity index is 2.54. The summed E-state index contributed by atoms with van der Waals surface area (Å²) >= 11 is 3.44. The predicted octanol–water partition coefficient (Wildman–Crippen LogP) is 3.51. The first kappa shape index (κ1) is 14.2. The predicted molar refractivity (Wildman–Crippen MR) is 73.2 cm³/mol. The van der Waals surface area contributed by atoms with Crippen LogP contribution in [0, 0.1) is 6.92 Å². The molecule has 94 valence electrons. The van der Waals surface area contributed by atoms with Crippen molar-refractivity contribution >= 4 is 27.5 Å². The topological polar surface area (TPSA) is 38.3 Å². The third kappa shape index (κ3) is 4.48. The second kappa shape index (κ2) is 6.77. The number of methoxy groups -OCH3 is 1. The van der Waals surface area contributed by atoms with Crippen LogP contribution in [0.5, 0.6) is 0 Å². The van der Waals surface area contributed by atoms with Gasteiger partial charge in [-0.05, 0) is 38.0 Å². The van der Waals surface area contributed by atoms with Gasteiger partial charge in [-0.2, -0.15) is 0 Å². The van der Waals surface area contributed by atoms with E-state index >= 15 is 0 Å². The highest BCUT2D eigenvalue weighted by Crippen LogP contribution is 2.23. The lowest BCUT2D eigenvalue weighted by molar-refractivity contribution is -0.116. The summed E-state index contributed by atoms with van der Waals surface area (Å²) < 4.78 is 6.11. The molecule has 1 N–H and O–H groups in total. The Hall–Kier alpha value is -0.870. The molecule has 1 aromatic rings. The van der Waals surface area contributed by atoms with Gasteiger partial charge in [-0.25, -0.2) is 0 Å². The molecule has 0 radical (unpaired) electrons. The van der Waals surface area contributed by atoms with Crippen LogP contribution in [0.4, 0.5) is 5.69 Å². The number of halogens is 1. The summed E-state index contributed by atoms with van der Waals surface area (Å²) in [6.45, 7) is 3.93. The molecule has 1 aromatic carbocycles. The molecule has 0 aliphatic carbocycles. The third-order valence-corrected chi connectivity index (χ3v) is 3.58. The van der Waals surface area contributed by atoms with E-state index in [-0.39, 0.29) is 12.0 Å². The van der Waals surface area contributed by atoms with E-state index < -0.39 is 0 Å². The Morgan fingerprint density at radius 1 is 1.53 bits per heavy atom. The summed E-state index contributed by atoms with van der Waals surface area (Å²) in [6, 6.07) is 5.76. The number of carbonyl (C=O) groups is 1. The van der Waals surface area contributed by atoms with E-state index in [1.807, 2.05) is 32.0 Å². The van der Waals surface area contributed by atoms with Crippen molar-refractivity contribution in [2.24, 2.45) is 0 Å². The number of benzene rings is 1. The Bertz CT molecular complexity index is 393. The Kier molecular flexibility index (Phi) is 5.65. The zero-order chi connectivity index (χ0) is 12.8. The number of amides is 1. The molecule has 0 saturated heterocycles. The van der Waals surface area contributed by atoms with Gasteiger partial charge in [0.25, 0.3) is 0 Å². The second-order valence-corrected chi connectivity index (χ2v) is 4.90. The van der Waals surface area contributed by atoms with Crippen molar-refractivity contribution in [3.8, 4) is 0 Å². The Morgan fingerprint density at radius 2 is 2.24 bits per heavy atom. The first-order valence-electron chi connectivity index (χ1n) is 5.62. The number of rotatable bonds is 5. The molecule has 1 amide bonds. The van der Waals surface area contributed by atoms with Gasteiger partial charge in [-0.1, -0.05) is 22.0 Å². The maximum Gasteiger partial charge on any atom is 0.224 e. The monoisotopic (exact) mass is 299 g/mol. The van der Waals surface area contributed by atoms with E-state index in [1.165, 1.54) is 0 Å². The quantitative estimate of drug-likeness (QED) is 0.903. The molecule has 0 spiro atoms. The van der Waals surface area contributed by atoms with Crippen LogP contribution in [0.2, 0.25) is 0 Å². The molecule has 1 unspecified atom stereocenters. The fourth-order valence-corrected chi connectivity index (χ4v) is 1.77. The molecular formula is C13H18BrNO2. The highest BCUT2D eigenvalue weighted by Gasteiger charge is 2.08. The highest BCUT2D eigenvalue weighted by molar-refractivity contribution is 9.10. The average Bonchev–Trinajstić information content (AvgIpc) is 2.32. The van der Waals surface area contributed by atoms with Gasteiger partial charge >= 0.3 is 0 Å². The summed E-state index contributed by atoms with van der Waals surface area (Å²) in [6.07, 6.45) is 1.32. The van der Waals surface area contributed by atoms with E-state index in [4.69, 9.17) is 4.74 Å². The molecular weight excluding hydrogens is 282 g/mol. The highest BCUT2D eigenvalue weighted by atomic mass is 79.9. The van der Waals surface area contributed by atoms with Gasteiger partial charge in [-0.15, -0.1) is 0 Å². The van der Waals surface area contributed by atoms with Crippen LogP contribution in [0.1, 0.15) is 25.3 Å². The molecule has 0 saturated carbocycles. The summed E-state index contributed by atoms with van der Waals surface area (Å²) in [5.74, 6) is 0.0232.